The molecule has 186 valence electrons. The zero-order valence-electron chi connectivity index (χ0n) is 21.0. The predicted molar refractivity (Wildman–Crippen MR) is 130 cm³/mol. The van der Waals surface area contributed by atoms with Gasteiger partial charge in [0.15, 0.2) is 0 Å². The quantitative estimate of drug-likeness (QED) is 0.176. The Kier molecular flexibility index (Phi) is 9.82. The van der Waals surface area contributed by atoms with E-state index >= 15 is 0 Å². The minimum absolute atomic E-state index is 0. The fraction of sp³-hybridized carbons (Fsp3) is 0.560. The van der Waals surface area contributed by atoms with Gasteiger partial charge in [-0.2, -0.15) is 12.0 Å². The first-order valence-electron chi connectivity index (χ1n) is 11.9. The Hall–Kier alpha value is -1.82. The molecular formula is C25H39N5O3U. The van der Waals surface area contributed by atoms with E-state index in [0.717, 1.165) is 17.8 Å². The molecular weight excluding hydrogens is 656 g/mol. The Labute approximate surface area is 227 Å². The molecule has 8 nitrogen and oxygen atoms in total. The first kappa shape index (κ1) is 28.4. The van der Waals surface area contributed by atoms with Gasteiger partial charge in [0.25, 0.3) is 0 Å². The van der Waals surface area contributed by atoms with Gasteiger partial charge in [-0.25, -0.2) is 0 Å². The molecule has 9 heteroatoms. The van der Waals surface area contributed by atoms with Crippen LogP contribution in [0.1, 0.15) is 63.4 Å². The Morgan fingerprint density at radius 3 is 2.85 bits per heavy atom. The third-order valence-corrected chi connectivity index (χ3v) is 6.98. The van der Waals surface area contributed by atoms with Crippen molar-refractivity contribution in [2.45, 2.75) is 71.2 Å². The Balaban J connectivity index is 0.00000133. The van der Waals surface area contributed by atoms with Crippen LogP contribution in [0.25, 0.3) is 0 Å². The summed E-state index contributed by atoms with van der Waals surface area (Å²) in [7, 11) is 0. The number of fused-ring (bicyclic) bond motifs is 2. The number of carbonyl (C=O) groups is 1. The van der Waals surface area contributed by atoms with E-state index in [2.05, 4.69) is 29.1 Å². The van der Waals surface area contributed by atoms with E-state index in [-0.39, 0.29) is 43.1 Å². The summed E-state index contributed by atoms with van der Waals surface area (Å²) in [6.07, 6.45) is 0.735. The van der Waals surface area contributed by atoms with Crippen molar-refractivity contribution in [1.82, 2.24) is 15.5 Å². The van der Waals surface area contributed by atoms with E-state index in [1.54, 1.807) is 6.07 Å². The van der Waals surface area contributed by atoms with Crippen LogP contribution in [0.5, 0.6) is 5.75 Å². The number of nitrogens with one attached hydrogen (secondary N) is 3. The fourth-order valence-corrected chi connectivity index (χ4v) is 4.92. The molecule has 6 N–H and O–H groups in total. The third-order valence-electron chi connectivity index (χ3n) is 6.98. The van der Waals surface area contributed by atoms with E-state index in [0.29, 0.717) is 43.3 Å². The molecule has 0 aromatic heterocycles. The van der Waals surface area contributed by atoms with Crippen LogP contribution in [-0.4, -0.2) is 65.2 Å². The standard InChI is InChI=1S/C23H32N5O3.C2H6.U/c1-5-19(24)27-18-11-25-14(3)28-12-17(21(29)23(18,28)4)26-22(30)16-8-6-7-15-13(2)9-10-31-20(15)16;1-2;/h6-8,17-18,21,25,29H,3,5,9-12H2,1-2,4H3,(H2,24,27)(H,26,30);1-2H3;/q-1;;/p+1/t17-,18+,21-,23?;;/m1../s1. The molecule has 3 aliphatic heterocycles. The largest absolute Gasteiger partial charge is 0.550 e. The van der Waals surface area contributed by atoms with Gasteiger partial charge in [-0.05, 0) is 13.3 Å². The number of aliphatic hydroxyl groups excluding tert-OH is 1. The van der Waals surface area contributed by atoms with Crippen LogP contribution in [0.3, 0.4) is 0 Å². The first-order valence-corrected chi connectivity index (χ1v) is 11.9. The topological polar surface area (TPSA) is 114 Å². The molecule has 1 amide bonds. The van der Waals surface area contributed by atoms with Crippen LogP contribution in [-0.2, 0) is 0 Å². The molecule has 1 unspecified atom stereocenters. The molecule has 1 aromatic carbocycles. The van der Waals surface area contributed by atoms with Gasteiger partial charge in [0.1, 0.15) is 17.7 Å². The molecule has 2 fully saturated rings. The maximum atomic E-state index is 13.2. The molecule has 3 heterocycles. The van der Waals surface area contributed by atoms with E-state index in [1.165, 1.54) is 5.92 Å². The van der Waals surface area contributed by atoms with Crippen LogP contribution in [0.15, 0.2) is 30.6 Å². The molecule has 0 saturated carbocycles. The van der Waals surface area contributed by atoms with Crippen molar-refractivity contribution >= 4 is 11.7 Å². The van der Waals surface area contributed by atoms with Gasteiger partial charge in [-0.1, -0.05) is 40.3 Å². The average Bonchev–Trinajstić information content (AvgIpc) is 3.08. The Bertz CT molecular complexity index is 924. The molecule has 0 aliphatic carbocycles. The minimum atomic E-state index is -0.814. The van der Waals surface area contributed by atoms with Crippen molar-refractivity contribution in [2.75, 3.05) is 19.7 Å². The van der Waals surface area contributed by atoms with E-state index in [1.807, 2.05) is 44.7 Å². The second kappa shape index (κ2) is 11.7. The number of aliphatic hydroxyl groups is 1. The summed E-state index contributed by atoms with van der Waals surface area (Å²) in [5.74, 6) is 2.98. The van der Waals surface area contributed by atoms with Gasteiger partial charge >= 0.3 is 0 Å². The van der Waals surface area contributed by atoms with Gasteiger partial charge in [0.05, 0.1) is 25.0 Å². The fourth-order valence-electron chi connectivity index (χ4n) is 4.92. The minimum Gasteiger partial charge on any atom is -0.550 e. The van der Waals surface area contributed by atoms with Crippen molar-refractivity contribution < 1.29 is 50.7 Å². The van der Waals surface area contributed by atoms with Crippen molar-refractivity contribution in [3.8, 4) is 5.75 Å². The number of para-hydroxylation sites is 1. The molecule has 3 aliphatic rings. The number of hydrogen-bond acceptors (Lipinski definition) is 5. The maximum absolute atomic E-state index is 13.2. The smallest absolute Gasteiger partial charge is 0.242 e. The summed E-state index contributed by atoms with van der Waals surface area (Å²) in [6, 6.07) is 5.01. The summed E-state index contributed by atoms with van der Waals surface area (Å²) in [5.41, 5.74) is 6.86. The number of nitrogens with two attached hydrogens (primary N) is 1. The normalized spacial score (nSPS) is 27.8. The molecule has 34 heavy (non-hydrogen) atoms. The molecule has 4 atom stereocenters. The van der Waals surface area contributed by atoms with Crippen molar-refractivity contribution in [3.05, 3.63) is 47.6 Å². The molecule has 0 spiro atoms. The number of carbonyl (C=O) groups excluding carboxylic acids is 1. The van der Waals surface area contributed by atoms with E-state index in [9.17, 15) is 9.90 Å². The molecule has 1 aromatic rings. The Morgan fingerprint density at radius 1 is 1.47 bits per heavy atom. The summed E-state index contributed by atoms with van der Waals surface area (Å²) in [5, 5.41) is 17.7. The summed E-state index contributed by atoms with van der Waals surface area (Å²) >= 11 is 0. The van der Waals surface area contributed by atoms with Gasteiger partial charge < -0.3 is 25.4 Å². The predicted octanol–water partition coefficient (Wildman–Crippen LogP) is 0.262. The van der Waals surface area contributed by atoms with E-state index < -0.39 is 17.7 Å². The van der Waals surface area contributed by atoms with Crippen LogP contribution in [0.4, 0.5) is 0 Å². The number of benzene rings is 1. The molecule has 0 radical (unpaired) electrons. The van der Waals surface area contributed by atoms with Crippen LogP contribution in [0, 0.1) is 37.0 Å². The number of hydrogen-bond donors (Lipinski definition) is 5. The number of rotatable bonds is 4. The molecule has 0 bridgehead atoms. The van der Waals surface area contributed by atoms with E-state index in [4.69, 9.17) is 10.5 Å². The zero-order chi connectivity index (χ0) is 24.3. The molecule has 4 rings (SSSR count). The summed E-state index contributed by atoms with van der Waals surface area (Å²) < 4.78 is 5.84. The van der Waals surface area contributed by atoms with Gasteiger partial charge in [0, 0.05) is 55.4 Å². The number of amides is 1. The maximum Gasteiger partial charge on any atom is 0.242 e. The van der Waals surface area contributed by atoms with Crippen LogP contribution < -0.4 is 26.1 Å². The number of ether oxygens (including phenoxy) is 1. The van der Waals surface area contributed by atoms with Crippen molar-refractivity contribution in [1.29, 1.82) is 0 Å². The second-order valence-electron chi connectivity index (χ2n) is 8.83. The summed E-state index contributed by atoms with van der Waals surface area (Å²) in [4.78, 5) is 18.6. The Morgan fingerprint density at radius 2 is 2.18 bits per heavy atom. The van der Waals surface area contributed by atoms with Crippen LogP contribution in [0.2, 0.25) is 0 Å². The SMILES string of the molecule is C=C1NC[C@H]([NH+]=C(N)CC)C2(C)[C@H](O)[C@H](NC(=O)c3cccc4c3OCC[C-]4C)CN12.CC.[U]. The first-order chi connectivity index (χ1) is 15.8. The summed E-state index contributed by atoms with van der Waals surface area (Å²) in [6.45, 7) is 15.7. The molecule has 2 saturated heterocycles. The van der Waals surface area contributed by atoms with Gasteiger partial charge in [-0.3, -0.25) is 15.5 Å². The average molecular weight is 696 g/mol. The van der Waals surface area contributed by atoms with Crippen molar-refractivity contribution in [3.63, 3.8) is 0 Å². The number of amidine groups is 1. The van der Waals surface area contributed by atoms with Gasteiger partial charge in [0.2, 0.25) is 11.7 Å². The second-order valence-corrected chi connectivity index (χ2v) is 8.83. The zero-order valence-corrected chi connectivity index (χ0v) is 25.2. The van der Waals surface area contributed by atoms with Gasteiger partial charge in [-0.15, -0.1) is 11.6 Å². The van der Waals surface area contributed by atoms with Crippen LogP contribution >= 0.6 is 0 Å². The van der Waals surface area contributed by atoms with Crippen molar-refractivity contribution in [2.24, 2.45) is 5.73 Å². The monoisotopic (exact) mass is 695 g/mol. The number of nitrogens with zero attached hydrogens (tertiary/aromatic N) is 1. The third kappa shape index (κ3) is 5.07.